The molecule has 4 atom stereocenters. The monoisotopic (exact) mass is 1130 g/mol. The number of rotatable bonds is 17. The zero-order chi connectivity index (χ0) is 62.4. The summed E-state index contributed by atoms with van der Waals surface area (Å²) in [6.07, 6.45) is 23.8. The minimum Gasteiger partial charge on any atom is -0.455 e. The third-order valence-corrected chi connectivity index (χ3v) is 19.1. The van der Waals surface area contributed by atoms with Crippen molar-refractivity contribution >= 4 is 29.8 Å². The Balaban J connectivity index is 0.000000272. The largest absolute Gasteiger partial charge is 0.455 e. The van der Waals surface area contributed by atoms with E-state index < -0.39 is 16.6 Å². The summed E-state index contributed by atoms with van der Waals surface area (Å²) in [6, 6.07) is 16.4. The van der Waals surface area contributed by atoms with Gasteiger partial charge in [0.15, 0.2) is 5.60 Å². The normalized spacial score (nSPS) is 23.2. The molecule has 10 nitrogen and oxygen atoms in total. The fourth-order valence-electron chi connectivity index (χ4n) is 9.75. The number of fused-ring (bicyclic) bond motifs is 3. The molecule has 0 aromatic heterocycles. The van der Waals surface area contributed by atoms with Gasteiger partial charge in [0.05, 0.1) is 27.1 Å². The third kappa shape index (κ3) is 17.4. The Morgan fingerprint density at radius 3 is 1.21 bits per heavy atom. The van der Waals surface area contributed by atoms with Crippen LogP contribution in [0.25, 0.3) is 11.1 Å². The van der Waals surface area contributed by atoms with E-state index in [9.17, 15) is 24.0 Å². The maximum absolute atomic E-state index is 12.7. The smallest absolute Gasteiger partial charge is 0.312 e. The fraction of sp³-hybridized carbons (Fsp3) is 0.653. The quantitative estimate of drug-likeness (QED) is 0.0857. The number of hydrogen-bond acceptors (Lipinski definition) is 10. The molecule has 5 aliphatic rings. The van der Waals surface area contributed by atoms with Crippen LogP contribution in [0.4, 0.5) is 0 Å². The molecule has 2 aromatic rings. The van der Waals surface area contributed by atoms with Crippen molar-refractivity contribution in [1.29, 1.82) is 0 Å². The Kier molecular flexibility index (Phi) is 24.7. The Hall–Kier alpha value is -5.25. The zero-order valence-corrected chi connectivity index (χ0v) is 54.9. The summed E-state index contributed by atoms with van der Waals surface area (Å²) in [5.74, 6) is -0.494. The molecule has 2 fully saturated rings. The average Bonchev–Trinajstić information content (AvgIpc) is 4.48. The lowest BCUT2D eigenvalue weighted by Gasteiger charge is -2.33. The fourth-order valence-corrected chi connectivity index (χ4v) is 9.75. The zero-order valence-electron chi connectivity index (χ0n) is 54.9. The summed E-state index contributed by atoms with van der Waals surface area (Å²) in [5, 5.41) is 0. The Bertz CT molecular complexity index is 2530. The third-order valence-electron chi connectivity index (χ3n) is 19.1. The molecule has 2 aromatic carbocycles. The van der Waals surface area contributed by atoms with E-state index in [-0.39, 0.29) is 68.3 Å². The molecule has 82 heavy (non-hydrogen) atoms. The summed E-state index contributed by atoms with van der Waals surface area (Å²) in [5.41, 5.74) is 2.46. The first kappa shape index (κ1) is 71.0. The molecule has 4 unspecified atom stereocenters. The van der Waals surface area contributed by atoms with E-state index in [1.54, 1.807) is 0 Å². The second kappa shape index (κ2) is 28.6. The second-order valence-corrected chi connectivity index (χ2v) is 27.4. The van der Waals surface area contributed by atoms with E-state index in [1.165, 1.54) is 0 Å². The number of allylic oxidation sites excluding steroid dienone is 2. The van der Waals surface area contributed by atoms with E-state index in [4.69, 9.17) is 23.7 Å². The predicted octanol–water partition coefficient (Wildman–Crippen LogP) is 18.8. The van der Waals surface area contributed by atoms with Gasteiger partial charge in [-0.2, -0.15) is 0 Å². The second-order valence-electron chi connectivity index (χ2n) is 27.4. The van der Waals surface area contributed by atoms with Crippen molar-refractivity contribution in [1.82, 2.24) is 0 Å². The van der Waals surface area contributed by atoms with E-state index in [0.717, 1.165) is 143 Å². The van der Waals surface area contributed by atoms with Crippen LogP contribution < -0.4 is 0 Å². The van der Waals surface area contributed by atoms with Crippen LogP contribution in [0.2, 0.25) is 0 Å². The van der Waals surface area contributed by atoms with Crippen LogP contribution in [-0.4, -0.2) is 52.3 Å². The van der Waals surface area contributed by atoms with Crippen molar-refractivity contribution in [3.05, 3.63) is 108 Å². The first-order valence-electron chi connectivity index (χ1n) is 31.0. The number of carbonyl (C=O) groups excluding carboxylic acids is 5. The Labute approximate surface area is 497 Å². The molecule has 0 spiro atoms. The van der Waals surface area contributed by atoms with Crippen LogP contribution >= 0.6 is 0 Å². The lowest BCUT2D eigenvalue weighted by Crippen LogP contribution is -2.38. The van der Waals surface area contributed by atoms with Crippen LogP contribution in [0.1, 0.15) is 259 Å². The van der Waals surface area contributed by atoms with Crippen molar-refractivity contribution in [2.45, 2.75) is 276 Å². The molecule has 10 heteroatoms. The molecule has 5 aliphatic carbocycles. The molecule has 0 aliphatic heterocycles. The van der Waals surface area contributed by atoms with E-state index in [2.05, 4.69) is 69.5 Å². The standard InChI is InChI=1S/C20H22O2.C14H24O2.2C13H22O2.C12H20O2/c1-5-19(2,3)18(21)22-20(4)16-12-8-6-10-14(16)15-11-7-9-13-17(15)20;1-6-13(4,5)12(15)16-14(7-2)10-8-9-11(14)3;1-6-12(3,4)11(14)15-13(5)9-7-8-10(13)2;1-5-12(3,4)11(14)15-13(6-2)9-7-8-10-13;1-5-11(2,3)10(13)14-12(4)8-6-7-9-12/h6-13H,5H2,1-4H3;3,6-10H2,1-2,4-5H3;2,6-9H2,1,3-5H3;7,9H,5-6,8,10H2,1-4H3;6,8H,5,7,9H2,1-4H3. The highest BCUT2D eigenvalue weighted by Gasteiger charge is 2.46. The molecule has 458 valence electrons. The SMILES string of the molecule is C=C1CCCC1(C)OC(=O)C(C)(C)CC.C=C1CCCC1(CC)OC(=O)C(C)(C)CC.CCC(C)(C)C(=O)OC1(C)C=CCC1.CCC(C)(C)C(=O)OC1(C)c2ccccc2-c2ccccc21.CCC1(OC(=O)C(C)(C)CC)C=CCC1. The minimum atomic E-state index is -0.712. The van der Waals surface area contributed by atoms with Gasteiger partial charge in [0.2, 0.25) is 0 Å². The maximum atomic E-state index is 12.7. The molecule has 0 saturated heterocycles. The van der Waals surface area contributed by atoms with Crippen molar-refractivity contribution < 1.29 is 47.7 Å². The molecular weight excluding hydrogens is 1020 g/mol. The Morgan fingerprint density at radius 2 is 0.841 bits per heavy atom. The number of esters is 5. The van der Waals surface area contributed by atoms with Gasteiger partial charge in [-0.25, -0.2) is 0 Å². The summed E-state index contributed by atoms with van der Waals surface area (Å²) >= 11 is 0. The molecular formula is C72H110O10. The van der Waals surface area contributed by atoms with E-state index >= 15 is 0 Å². The molecule has 0 amide bonds. The number of hydrogen-bond donors (Lipinski definition) is 0. The molecule has 0 heterocycles. The highest BCUT2D eigenvalue weighted by Crippen LogP contribution is 2.50. The maximum Gasteiger partial charge on any atom is 0.312 e. The van der Waals surface area contributed by atoms with Crippen LogP contribution in [-0.2, 0) is 53.3 Å². The van der Waals surface area contributed by atoms with Crippen LogP contribution in [0, 0.1) is 27.1 Å². The van der Waals surface area contributed by atoms with Gasteiger partial charge in [-0.15, -0.1) is 0 Å². The van der Waals surface area contributed by atoms with Crippen molar-refractivity contribution in [2.75, 3.05) is 0 Å². The van der Waals surface area contributed by atoms with Crippen molar-refractivity contribution in [3.63, 3.8) is 0 Å². The van der Waals surface area contributed by atoms with Gasteiger partial charge in [-0.1, -0.05) is 122 Å². The van der Waals surface area contributed by atoms with E-state index in [1.807, 2.05) is 155 Å². The highest BCUT2D eigenvalue weighted by atomic mass is 16.6. The van der Waals surface area contributed by atoms with Gasteiger partial charge in [0, 0.05) is 11.1 Å². The summed E-state index contributed by atoms with van der Waals surface area (Å²) in [4.78, 5) is 60.5. The first-order chi connectivity index (χ1) is 37.9. The minimum absolute atomic E-state index is 0.0709. The molecule has 0 radical (unpaired) electrons. The van der Waals surface area contributed by atoms with Gasteiger partial charge in [-0.3, -0.25) is 24.0 Å². The van der Waals surface area contributed by atoms with Gasteiger partial charge < -0.3 is 23.7 Å². The Morgan fingerprint density at radius 1 is 0.451 bits per heavy atom. The van der Waals surface area contributed by atoms with Gasteiger partial charge >= 0.3 is 29.8 Å². The number of benzene rings is 2. The van der Waals surface area contributed by atoms with Crippen molar-refractivity contribution in [2.24, 2.45) is 27.1 Å². The lowest BCUT2D eigenvalue weighted by molar-refractivity contribution is -0.167. The van der Waals surface area contributed by atoms with Crippen LogP contribution in [0.3, 0.4) is 0 Å². The van der Waals surface area contributed by atoms with Crippen molar-refractivity contribution in [3.8, 4) is 11.1 Å². The molecule has 7 rings (SSSR count). The molecule has 0 bridgehead atoms. The topological polar surface area (TPSA) is 132 Å². The van der Waals surface area contributed by atoms with Crippen LogP contribution in [0.15, 0.2) is 97.1 Å². The summed E-state index contributed by atoms with van der Waals surface area (Å²) in [7, 11) is 0. The molecule has 0 N–H and O–H groups in total. The number of ether oxygens (including phenoxy) is 5. The predicted molar refractivity (Wildman–Crippen MR) is 335 cm³/mol. The average molecular weight is 1140 g/mol. The van der Waals surface area contributed by atoms with E-state index in [0.29, 0.717) is 0 Å². The van der Waals surface area contributed by atoms with Crippen LogP contribution in [0.5, 0.6) is 0 Å². The lowest BCUT2D eigenvalue weighted by atomic mass is 9.88. The van der Waals surface area contributed by atoms with Gasteiger partial charge in [0.25, 0.3) is 0 Å². The highest BCUT2D eigenvalue weighted by molar-refractivity contribution is 5.84. The first-order valence-corrected chi connectivity index (χ1v) is 31.0. The van der Waals surface area contributed by atoms with Gasteiger partial charge in [0.1, 0.15) is 22.4 Å². The number of carbonyl (C=O) groups is 5. The summed E-state index contributed by atoms with van der Waals surface area (Å²) in [6.45, 7) is 47.6. The molecule has 2 saturated carbocycles. The van der Waals surface area contributed by atoms with Gasteiger partial charge in [-0.05, 0) is 234 Å². The summed E-state index contributed by atoms with van der Waals surface area (Å²) < 4.78 is 28.7.